The van der Waals surface area contributed by atoms with Crippen LogP contribution in [0.25, 0.3) is 0 Å². The Morgan fingerprint density at radius 1 is 0.605 bits per heavy atom. The third-order valence-electron chi connectivity index (χ3n) is 20.6. The number of phenolic OH excluding ortho intramolecular Hbond substituents is 1. The number of methoxy groups -OCH3 is 3. The van der Waals surface area contributed by atoms with Crippen LogP contribution in [-0.2, 0) is 39.1 Å². The van der Waals surface area contributed by atoms with E-state index in [1.165, 1.54) is 20.2 Å². The maximum Gasteiger partial charge on any atom is 0.264 e. The van der Waals surface area contributed by atoms with Crippen LogP contribution in [0.3, 0.4) is 0 Å². The summed E-state index contributed by atoms with van der Waals surface area (Å²) >= 11 is 24.1. The summed E-state index contributed by atoms with van der Waals surface area (Å²) in [6.07, 6.45) is 7.78. The van der Waals surface area contributed by atoms with Crippen LogP contribution in [0.2, 0.25) is 20.1 Å². The molecular formula is C87H123Cl4N5O17S. The number of carbonyl (C=O) groups excluding carboxylic acids is 4. The number of aliphatic hydroxyl groups is 3. The summed E-state index contributed by atoms with van der Waals surface area (Å²) in [6, 6.07) is 36.5. The van der Waals surface area contributed by atoms with Crippen molar-refractivity contribution in [1.29, 1.82) is 0 Å². The number of fused-ring (bicyclic) bond motifs is 2. The number of halogens is 4. The number of carbonyl (C=O) groups is 4. The molecule has 22 nitrogen and oxygen atoms in total. The third kappa shape index (κ3) is 30.1. The Labute approximate surface area is 696 Å². The number of benzene rings is 6. The van der Waals surface area contributed by atoms with Gasteiger partial charge in [0.2, 0.25) is 11.8 Å². The molecule has 6 N–H and O–H groups in total. The Morgan fingerprint density at radius 3 is 1.56 bits per heavy atom. The van der Waals surface area contributed by atoms with Crippen molar-refractivity contribution in [2.24, 2.45) is 29.6 Å². The lowest BCUT2D eigenvalue weighted by Gasteiger charge is -2.38. The number of nitrogens with one attached hydrogen (secondary N) is 2. The van der Waals surface area contributed by atoms with Gasteiger partial charge in [0, 0.05) is 107 Å². The molecule has 6 atom stereocenters. The van der Waals surface area contributed by atoms with Gasteiger partial charge in [0.05, 0.1) is 72.3 Å². The van der Waals surface area contributed by atoms with E-state index in [1.54, 1.807) is 79.8 Å². The maximum atomic E-state index is 13.5. The molecule has 6 unspecified atom stereocenters. The number of aromatic hydroxyl groups is 1. The first-order valence-electron chi connectivity index (χ1n) is 39.3. The summed E-state index contributed by atoms with van der Waals surface area (Å²) in [5.74, 6) is 5.26. The number of rotatable bonds is 31. The van der Waals surface area contributed by atoms with E-state index in [0.29, 0.717) is 116 Å². The molecule has 4 heterocycles. The van der Waals surface area contributed by atoms with Gasteiger partial charge in [-0.25, -0.2) is 0 Å². The van der Waals surface area contributed by atoms with Gasteiger partial charge in [0.1, 0.15) is 64.3 Å². The molecule has 114 heavy (non-hydrogen) atoms. The minimum absolute atomic E-state index is 0.0214. The first kappa shape index (κ1) is 97.4. The van der Waals surface area contributed by atoms with Gasteiger partial charge in [-0.15, -0.1) is 0 Å². The van der Waals surface area contributed by atoms with Crippen molar-refractivity contribution in [3.8, 4) is 40.2 Å². The van der Waals surface area contributed by atoms with Crippen molar-refractivity contribution >= 4 is 91.4 Å². The van der Waals surface area contributed by atoms with Gasteiger partial charge < -0.3 is 74.2 Å². The summed E-state index contributed by atoms with van der Waals surface area (Å²) in [4.78, 5) is 56.4. The van der Waals surface area contributed by atoms with Crippen LogP contribution < -0.4 is 48.9 Å². The quantitative estimate of drug-likeness (QED) is 0.0221. The Morgan fingerprint density at radius 2 is 1.08 bits per heavy atom. The lowest BCUT2D eigenvalue weighted by Crippen LogP contribution is -2.51. The number of likely N-dealkylation sites (tertiary alicyclic amines) is 1. The van der Waals surface area contributed by atoms with Crippen molar-refractivity contribution in [2.75, 3.05) is 97.0 Å². The molecule has 632 valence electrons. The zero-order valence-corrected chi connectivity index (χ0v) is 73.0. The summed E-state index contributed by atoms with van der Waals surface area (Å²) in [6.45, 7) is 27.8. The number of hydrogen-bond acceptors (Lipinski definition) is 19. The van der Waals surface area contributed by atoms with Crippen molar-refractivity contribution in [3.63, 3.8) is 0 Å². The Balaban J connectivity index is 0.000000262. The van der Waals surface area contributed by atoms with Gasteiger partial charge >= 0.3 is 0 Å². The van der Waals surface area contributed by atoms with E-state index < -0.39 is 21.6 Å². The molecule has 3 amide bonds. The number of piperidine rings is 2. The molecule has 0 aromatic heterocycles. The van der Waals surface area contributed by atoms with E-state index in [4.69, 9.17) is 94.3 Å². The molecular weight excluding hydrogens is 1560 g/mol. The van der Waals surface area contributed by atoms with Crippen LogP contribution in [-0.4, -0.2) is 175 Å². The van der Waals surface area contributed by atoms with Crippen LogP contribution >= 0.6 is 46.4 Å². The highest BCUT2D eigenvalue weighted by Gasteiger charge is 2.53. The van der Waals surface area contributed by atoms with E-state index in [0.717, 1.165) is 100 Å². The van der Waals surface area contributed by atoms with E-state index in [1.807, 2.05) is 87.2 Å². The average Bonchev–Trinajstić information content (AvgIpc) is 1.59. The molecule has 4 aliphatic heterocycles. The molecule has 6 aromatic rings. The van der Waals surface area contributed by atoms with E-state index in [2.05, 4.69) is 64.0 Å². The zero-order valence-electron chi connectivity index (χ0n) is 69.2. The topological polar surface area (TPSA) is 282 Å². The maximum absolute atomic E-state index is 13.5. The fourth-order valence-corrected chi connectivity index (χ4v) is 14.2. The number of hydrogen-bond donors (Lipinski definition) is 6. The average molecular weight is 1680 g/mol. The van der Waals surface area contributed by atoms with Gasteiger partial charge in [0.15, 0.2) is 5.60 Å². The molecule has 0 spiro atoms. The fourth-order valence-electron chi connectivity index (χ4n) is 13.2. The normalized spacial score (nSPS) is 17.2. The summed E-state index contributed by atoms with van der Waals surface area (Å²) in [5.41, 5.74) is 2.56. The molecule has 27 heteroatoms. The fraction of sp³-hybridized carbons (Fsp3) is 0.540. The molecule has 4 aliphatic rings. The van der Waals surface area contributed by atoms with Gasteiger partial charge in [-0.3, -0.25) is 23.4 Å². The second kappa shape index (κ2) is 48.5. The lowest BCUT2D eigenvalue weighted by atomic mass is 9.91. The first-order chi connectivity index (χ1) is 54.1. The monoisotopic (exact) mass is 1680 g/mol. The SMILES string of the molecule is CC(C)C(C)CCO.CCC(=O)CC1C(=O)N(C2CCNCC2)c2ccccc21.CNC(=O)CC1(O)C(=O)N(C2CCN(CCC(Oc3cc(C)ccc3Cl)C(C)C)CC2)c2ccccc21.COc1ccc(Cl)c(O)c1.COc1ccc(Cl)c(OC(CCO)C(C)C)c1.COc1ccc(Cl)c(OC(CCOS(C)(=O)=O)C(C)C)c1. The van der Waals surface area contributed by atoms with Crippen molar-refractivity contribution in [3.05, 3.63) is 158 Å². The first-order valence-corrected chi connectivity index (χ1v) is 42.7. The van der Waals surface area contributed by atoms with Gasteiger partial charge in [-0.2, -0.15) is 8.42 Å². The van der Waals surface area contributed by atoms with Crippen molar-refractivity contribution in [2.45, 2.75) is 189 Å². The van der Waals surface area contributed by atoms with E-state index in [9.17, 15) is 32.7 Å². The standard InChI is InChI=1S/C29H38ClN3O4.C17H22N2O2.C14H21ClO5S.C13H19ClO3.C7H7ClO2.C7H16O/c1-19(2)25(37-26-17-20(3)9-10-23(26)30)13-16-32-14-11-21(12-15-32)33-24-8-6-5-7-22(24)29(36,28(33)35)18-27(34)31-4;1-2-13(20)11-15-14-5-3-4-6-16(14)19(17(15)21)12-7-9-18-10-8-12;1-10(2)13(7-8-19-21(4,16)17)20-14-9-11(18-3)5-6-12(14)15;1-9(2)12(6-7-15)17-13-8-10(16-3)4-5-11(13)14;1-10-5-2-3-6(8)7(9)4-5;1-6(2)7(3)4-5-8/h5-10,17,19,21,25,36H,11-16,18H2,1-4H3,(H,31,34);3-6,12,15,18H,2,7-11H2,1H3;5-6,9-10,13H,7-8H2,1-4H3;4-5,8-9,12,15H,6-7H2,1-3H3;2-4,9H,1H3;6-8H,4-5H2,1-3H3. The molecule has 0 radical (unpaired) electrons. The number of Topliss-reactive ketones (excluding diaryl/α,β-unsaturated/α-hetero) is 1. The highest BCUT2D eigenvalue weighted by molar-refractivity contribution is 7.86. The predicted molar refractivity (Wildman–Crippen MR) is 456 cm³/mol. The number of amides is 3. The van der Waals surface area contributed by atoms with Crippen molar-refractivity contribution < 1.29 is 80.6 Å². The number of ketones is 1. The third-order valence-corrected chi connectivity index (χ3v) is 22.4. The number of para-hydroxylation sites is 2. The largest absolute Gasteiger partial charge is 0.506 e. The summed E-state index contributed by atoms with van der Waals surface area (Å²) < 4.78 is 59.8. The molecule has 2 saturated heterocycles. The second-order valence-corrected chi connectivity index (χ2v) is 33.5. The van der Waals surface area contributed by atoms with E-state index in [-0.39, 0.29) is 85.2 Å². The Kier molecular flexibility index (Phi) is 41.5. The smallest absolute Gasteiger partial charge is 0.264 e. The number of anilines is 2. The number of nitrogens with zero attached hydrogens (tertiary/aromatic N) is 3. The number of ether oxygens (including phenoxy) is 6. The number of aryl methyl sites for hydroxylation is 1. The highest BCUT2D eigenvalue weighted by atomic mass is 35.5. The van der Waals surface area contributed by atoms with Gasteiger partial charge in [0.25, 0.3) is 16.0 Å². The Bertz CT molecular complexity index is 4090. The summed E-state index contributed by atoms with van der Waals surface area (Å²) in [5, 5.41) is 45.7. The predicted octanol–water partition coefficient (Wildman–Crippen LogP) is 16.5. The molecule has 0 aliphatic carbocycles. The van der Waals surface area contributed by atoms with Crippen LogP contribution in [0, 0.1) is 36.5 Å². The van der Waals surface area contributed by atoms with E-state index >= 15 is 0 Å². The van der Waals surface area contributed by atoms with Crippen LogP contribution in [0.5, 0.6) is 40.2 Å². The zero-order chi connectivity index (χ0) is 84.6. The molecule has 6 aromatic carbocycles. The molecule has 2 fully saturated rings. The van der Waals surface area contributed by atoms with Gasteiger partial charge in [-0.05, 0) is 160 Å². The highest BCUT2D eigenvalue weighted by Crippen LogP contribution is 2.46. The minimum atomic E-state index is -3.44. The molecule has 10 rings (SSSR count). The molecule has 0 bridgehead atoms. The van der Waals surface area contributed by atoms with Gasteiger partial charge in [-0.1, -0.05) is 158 Å². The Hall–Kier alpha value is -7.13. The van der Waals surface area contributed by atoms with Crippen LogP contribution in [0.1, 0.15) is 162 Å². The van der Waals surface area contributed by atoms with Crippen LogP contribution in [0.15, 0.2) is 121 Å². The second-order valence-electron chi connectivity index (χ2n) is 30.3. The van der Waals surface area contributed by atoms with Crippen LogP contribution in [0.4, 0.5) is 11.4 Å². The number of aliphatic hydroxyl groups excluding tert-OH is 2. The molecule has 0 saturated carbocycles. The number of phenols is 1. The van der Waals surface area contributed by atoms with Crippen molar-refractivity contribution in [1.82, 2.24) is 15.5 Å². The summed E-state index contributed by atoms with van der Waals surface area (Å²) in [7, 11) is 2.76. The lowest BCUT2D eigenvalue weighted by molar-refractivity contribution is -0.142. The minimum Gasteiger partial charge on any atom is -0.506 e.